The molecule has 0 atom stereocenters. The Morgan fingerprint density at radius 2 is 2.00 bits per heavy atom. The lowest BCUT2D eigenvalue weighted by atomic mass is 9.90. The number of ether oxygens (including phenoxy) is 2. The monoisotopic (exact) mass is 213 g/mol. The van der Waals surface area contributed by atoms with Crippen molar-refractivity contribution in [2.75, 3.05) is 46.6 Å². The highest BCUT2D eigenvalue weighted by molar-refractivity contribution is 4.80. The van der Waals surface area contributed by atoms with Crippen LogP contribution in [0.15, 0.2) is 0 Å². The molecule has 0 N–H and O–H groups in total. The molecule has 2 aliphatic heterocycles. The summed E-state index contributed by atoms with van der Waals surface area (Å²) in [4.78, 5) is 2.40. The summed E-state index contributed by atoms with van der Waals surface area (Å²) in [6, 6.07) is 0. The molecule has 0 amide bonds. The zero-order chi connectivity index (χ0) is 10.7. The second-order valence-corrected chi connectivity index (χ2v) is 5.57. The minimum Gasteiger partial charge on any atom is -0.380 e. The van der Waals surface area contributed by atoms with E-state index >= 15 is 0 Å². The van der Waals surface area contributed by atoms with Gasteiger partial charge in [-0.15, -0.1) is 0 Å². The quantitative estimate of drug-likeness (QED) is 0.704. The van der Waals surface area contributed by atoms with Gasteiger partial charge in [-0.25, -0.2) is 0 Å². The second-order valence-electron chi connectivity index (χ2n) is 5.57. The Morgan fingerprint density at radius 1 is 1.33 bits per heavy atom. The smallest absolute Gasteiger partial charge is 0.0564 e. The van der Waals surface area contributed by atoms with Crippen molar-refractivity contribution in [3.8, 4) is 0 Å². The first kappa shape index (κ1) is 11.4. The van der Waals surface area contributed by atoms with Gasteiger partial charge in [0, 0.05) is 12.0 Å². The van der Waals surface area contributed by atoms with Crippen LogP contribution < -0.4 is 0 Å². The molecule has 2 rings (SSSR count). The molecule has 2 heterocycles. The lowest BCUT2D eigenvalue weighted by Gasteiger charge is -2.38. The van der Waals surface area contributed by atoms with Crippen molar-refractivity contribution in [1.82, 2.24) is 4.90 Å². The van der Waals surface area contributed by atoms with E-state index < -0.39 is 0 Å². The van der Waals surface area contributed by atoms with E-state index in [1.165, 1.54) is 25.9 Å². The minimum atomic E-state index is 0.311. The Bertz CT molecular complexity index is 196. The molecule has 0 aromatic carbocycles. The first-order valence-corrected chi connectivity index (χ1v) is 6.02. The van der Waals surface area contributed by atoms with E-state index in [0.29, 0.717) is 5.41 Å². The molecular weight excluding hydrogens is 190 g/mol. The topological polar surface area (TPSA) is 21.7 Å². The van der Waals surface area contributed by atoms with E-state index in [4.69, 9.17) is 9.47 Å². The maximum absolute atomic E-state index is 5.82. The Hall–Kier alpha value is -0.120. The number of hydrogen-bond acceptors (Lipinski definition) is 3. The predicted octanol–water partition coefficient (Wildman–Crippen LogP) is 1.38. The standard InChI is InChI=1S/C12H23NO2/c1-12(9-15-10-12)8-14-7-11-3-5-13(2)6-4-11/h11H,3-10H2,1-2H3. The third-order valence-corrected chi connectivity index (χ3v) is 3.54. The fourth-order valence-electron chi connectivity index (χ4n) is 2.23. The molecule has 2 saturated heterocycles. The molecule has 0 aromatic heterocycles. The van der Waals surface area contributed by atoms with Gasteiger partial charge in [0.25, 0.3) is 0 Å². The Labute approximate surface area is 92.7 Å². The van der Waals surface area contributed by atoms with Crippen molar-refractivity contribution in [1.29, 1.82) is 0 Å². The highest BCUT2D eigenvalue weighted by atomic mass is 16.5. The number of rotatable bonds is 4. The molecule has 0 unspecified atom stereocenters. The maximum atomic E-state index is 5.82. The predicted molar refractivity (Wildman–Crippen MR) is 60.0 cm³/mol. The Kier molecular flexibility index (Phi) is 3.65. The summed E-state index contributed by atoms with van der Waals surface area (Å²) >= 11 is 0. The van der Waals surface area contributed by atoms with Gasteiger partial charge < -0.3 is 14.4 Å². The van der Waals surface area contributed by atoms with Crippen LogP contribution in [0.1, 0.15) is 19.8 Å². The number of hydrogen-bond donors (Lipinski definition) is 0. The van der Waals surface area contributed by atoms with Crippen molar-refractivity contribution in [2.24, 2.45) is 11.3 Å². The summed E-state index contributed by atoms with van der Waals surface area (Å²) in [6.45, 7) is 8.28. The zero-order valence-corrected chi connectivity index (χ0v) is 10.00. The number of likely N-dealkylation sites (tertiary alicyclic amines) is 1. The molecule has 0 radical (unpaired) electrons. The minimum absolute atomic E-state index is 0.311. The van der Waals surface area contributed by atoms with E-state index in [2.05, 4.69) is 18.9 Å². The fraction of sp³-hybridized carbons (Fsp3) is 1.00. The van der Waals surface area contributed by atoms with Gasteiger partial charge in [0.1, 0.15) is 0 Å². The van der Waals surface area contributed by atoms with Crippen molar-refractivity contribution in [2.45, 2.75) is 19.8 Å². The Morgan fingerprint density at radius 3 is 2.53 bits per heavy atom. The summed E-state index contributed by atoms with van der Waals surface area (Å²) in [5.41, 5.74) is 0.311. The second kappa shape index (κ2) is 4.81. The van der Waals surface area contributed by atoms with Crippen molar-refractivity contribution in [3.05, 3.63) is 0 Å². The fourth-order valence-corrected chi connectivity index (χ4v) is 2.23. The summed E-state index contributed by atoms with van der Waals surface area (Å²) in [5.74, 6) is 0.783. The summed E-state index contributed by atoms with van der Waals surface area (Å²) < 4.78 is 11.0. The normalized spacial score (nSPS) is 27.6. The van der Waals surface area contributed by atoms with E-state index in [0.717, 1.165) is 32.3 Å². The van der Waals surface area contributed by atoms with Crippen LogP contribution >= 0.6 is 0 Å². The van der Waals surface area contributed by atoms with Crippen LogP contribution in [0.5, 0.6) is 0 Å². The average molecular weight is 213 g/mol. The third kappa shape index (κ3) is 3.16. The summed E-state index contributed by atoms with van der Waals surface area (Å²) in [5, 5.41) is 0. The van der Waals surface area contributed by atoms with Crippen LogP contribution in [0.4, 0.5) is 0 Å². The van der Waals surface area contributed by atoms with Crippen LogP contribution in [0.2, 0.25) is 0 Å². The molecule has 3 heteroatoms. The molecule has 0 saturated carbocycles. The Balaban J connectivity index is 1.57. The number of piperidine rings is 1. The van der Waals surface area contributed by atoms with Crippen LogP contribution in [-0.2, 0) is 9.47 Å². The summed E-state index contributed by atoms with van der Waals surface area (Å²) in [7, 11) is 2.20. The van der Waals surface area contributed by atoms with Crippen LogP contribution in [0.25, 0.3) is 0 Å². The maximum Gasteiger partial charge on any atom is 0.0564 e. The van der Waals surface area contributed by atoms with Crippen LogP contribution in [0.3, 0.4) is 0 Å². The van der Waals surface area contributed by atoms with Gasteiger partial charge >= 0.3 is 0 Å². The van der Waals surface area contributed by atoms with E-state index in [1.54, 1.807) is 0 Å². The molecule has 0 bridgehead atoms. The molecular formula is C12H23NO2. The van der Waals surface area contributed by atoms with Gasteiger partial charge in [-0.05, 0) is 38.9 Å². The largest absolute Gasteiger partial charge is 0.380 e. The molecule has 2 aliphatic rings. The number of nitrogens with zero attached hydrogens (tertiary/aromatic N) is 1. The molecule has 0 aliphatic carbocycles. The SMILES string of the molecule is CN1CCC(COCC2(C)COC2)CC1. The molecule has 88 valence electrons. The molecule has 2 fully saturated rings. The lowest BCUT2D eigenvalue weighted by molar-refractivity contribution is -0.141. The van der Waals surface area contributed by atoms with Crippen LogP contribution in [-0.4, -0.2) is 51.5 Å². The van der Waals surface area contributed by atoms with Gasteiger partial charge in [-0.3, -0.25) is 0 Å². The first-order chi connectivity index (χ1) is 7.18. The molecule has 0 aromatic rings. The van der Waals surface area contributed by atoms with Crippen molar-refractivity contribution < 1.29 is 9.47 Å². The highest BCUT2D eigenvalue weighted by Gasteiger charge is 2.33. The first-order valence-electron chi connectivity index (χ1n) is 6.02. The van der Waals surface area contributed by atoms with E-state index in [-0.39, 0.29) is 0 Å². The third-order valence-electron chi connectivity index (χ3n) is 3.54. The zero-order valence-electron chi connectivity index (χ0n) is 10.00. The highest BCUT2D eigenvalue weighted by Crippen LogP contribution is 2.27. The molecule has 0 spiro atoms. The van der Waals surface area contributed by atoms with Crippen molar-refractivity contribution >= 4 is 0 Å². The van der Waals surface area contributed by atoms with Gasteiger partial charge in [0.2, 0.25) is 0 Å². The van der Waals surface area contributed by atoms with Gasteiger partial charge in [0.15, 0.2) is 0 Å². The van der Waals surface area contributed by atoms with Gasteiger partial charge in [-0.2, -0.15) is 0 Å². The molecule has 3 nitrogen and oxygen atoms in total. The molecule has 15 heavy (non-hydrogen) atoms. The lowest BCUT2D eigenvalue weighted by Crippen LogP contribution is -2.44. The van der Waals surface area contributed by atoms with Gasteiger partial charge in [-0.1, -0.05) is 6.92 Å². The average Bonchev–Trinajstić information content (AvgIpc) is 2.19. The van der Waals surface area contributed by atoms with Crippen LogP contribution in [0, 0.1) is 11.3 Å². The van der Waals surface area contributed by atoms with Crippen molar-refractivity contribution in [3.63, 3.8) is 0 Å². The summed E-state index contributed by atoms with van der Waals surface area (Å²) in [6.07, 6.45) is 2.59. The van der Waals surface area contributed by atoms with E-state index in [1.807, 2.05) is 0 Å². The van der Waals surface area contributed by atoms with E-state index in [9.17, 15) is 0 Å². The van der Waals surface area contributed by atoms with Gasteiger partial charge in [0.05, 0.1) is 19.8 Å².